The van der Waals surface area contributed by atoms with Gasteiger partial charge in [0.05, 0.1) is 11.2 Å². The maximum Gasteiger partial charge on any atom is 0.446 e. The van der Waals surface area contributed by atoms with E-state index in [0.717, 1.165) is 10.1 Å². The minimum Gasteiger partial charge on any atom is -0.459 e. The number of amides is 2. The van der Waals surface area contributed by atoms with Gasteiger partial charge in [0, 0.05) is 27.2 Å². The number of nitrogens with one attached hydrogen (secondary N) is 2. The number of halogens is 5. The van der Waals surface area contributed by atoms with Crippen LogP contribution in [0.1, 0.15) is 10.4 Å². The van der Waals surface area contributed by atoms with E-state index >= 15 is 0 Å². The lowest BCUT2D eigenvalue weighted by Gasteiger charge is -2.12. The van der Waals surface area contributed by atoms with Gasteiger partial charge < -0.3 is 25.8 Å². The number of nitrogens with two attached hydrogens (primary N) is 1. The number of esters is 1. The summed E-state index contributed by atoms with van der Waals surface area (Å²) >= 11 is 5.97. The van der Waals surface area contributed by atoms with Crippen LogP contribution in [0.3, 0.4) is 0 Å². The molecule has 2 amide bonds. The molecule has 0 aliphatic rings. The summed E-state index contributed by atoms with van der Waals surface area (Å²) < 4.78 is 49.7. The van der Waals surface area contributed by atoms with Crippen LogP contribution in [0, 0.1) is 0 Å². The molecule has 1 atom stereocenters. The fraction of sp³-hybridized carbons (Fsp3) is 0.0938. The highest BCUT2D eigenvalue weighted by atomic mass is 35.5. The topological polar surface area (TPSA) is 125 Å². The van der Waals surface area contributed by atoms with Crippen molar-refractivity contribution >= 4 is 76.0 Å². The number of carbonyl (C=O) groups is 3. The molecule has 15 heteroatoms. The summed E-state index contributed by atoms with van der Waals surface area (Å²) in [6.07, 6.45) is 1.34. The fourth-order valence-electron chi connectivity index (χ4n) is 4.29. The van der Waals surface area contributed by atoms with Crippen molar-refractivity contribution < 1.29 is 37.0 Å². The molecule has 4 N–H and O–H groups in total. The first-order valence-electron chi connectivity index (χ1n) is 13.5. The Kier molecular flexibility index (Phi) is 11.4. The number of fused-ring (bicyclic) bond motifs is 1. The average molecular weight is 706 g/mol. The molecule has 5 rings (SSSR count). The van der Waals surface area contributed by atoms with E-state index in [-0.39, 0.29) is 41.4 Å². The van der Waals surface area contributed by atoms with Crippen molar-refractivity contribution in [1.82, 2.24) is 4.57 Å². The van der Waals surface area contributed by atoms with Gasteiger partial charge in [-0.05, 0) is 84.1 Å². The number of rotatable bonds is 9. The zero-order chi connectivity index (χ0) is 32.8. The van der Waals surface area contributed by atoms with Crippen molar-refractivity contribution in [2.75, 3.05) is 10.6 Å². The van der Waals surface area contributed by atoms with E-state index in [1.807, 2.05) is 6.07 Å². The maximum atomic E-state index is 13.2. The highest BCUT2D eigenvalue weighted by Gasteiger charge is 2.29. The van der Waals surface area contributed by atoms with E-state index in [0.29, 0.717) is 33.1 Å². The fourth-order valence-corrected chi connectivity index (χ4v) is 5.00. The van der Waals surface area contributed by atoms with E-state index in [2.05, 4.69) is 10.6 Å². The lowest BCUT2D eigenvalue weighted by molar-refractivity contribution is -0.145. The van der Waals surface area contributed by atoms with E-state index in [1.54, 1.807) is 66.7 Å². The highest BCUT2D eigenvalue weighted by molar-refractivity contribution is 8.00. The van der Waals surface area contributed by atoms with E-state index < -0.39 is 29.5 Å². The summed E-state index contributed by atoms with van der Waals surface area (Å²) in [5.41, 5.74) is 3.27. The number of nitrogens with zero attached hydrogens (tertiary/aromatic N) is 1. The standard InChI is InChI=1S/C32H24ClF3N4O5S.ClH/c33-20-6-15-27-25(16-20)26(17-40(27)29(41)28(37)30(42)44-18-19-4-2-1-3-5-19)39-31(43)38-21-7-9-22(10-8-21)45-23-11-13-24(14-12-23)46-32(34,35)36;/h1-17,28H,18,37H2,(H2,38,39,43);1H. The molecule has 0 spiro atoms. The molecule has 4 aromatic carbocycles. The lowest BCUT2D eigenvalue weighted by Crippen LogP contribution is -2.42. The van der Waals surface area contributed by atoms with E-state index in [4.69, 9.17) is 26.8 Å². The second-order valence-electron chi connectivity index (χ2n) is 9.71. The van der Waals surface area contributed by atoms with Crippen molar-refractivity contribution in [1.29, 1.82) is 0 Å². The van der Waals surface area contributed by atoms with Crippen LogP contribution in [0.5, 0.6) is 11.5 Å². The summed E-state index contributed by atoms with van der Waals surface area (Å²) in [5.74, 6) is -0.971. The summed E-state index contributed by atoms with van der Waals surface area (Å²) in [6, 6.07) is 23.0. The zero-order valence-electron chi connectivity index (χ0n) is 24.0. The monoisotopic (exact) mass is 704 g/mol. The molecule has 47 heavy (non-hydrogen) atoms. The van der Waals surface area contributed by atoms with Crippen LogP contribution in [0.2, 0.25) is 5.02 Å². The van der Waals surface area contributed by atoms with E-state index in [9.17, 15) is 27.6 Å². The van der Waals surface area contributed by atoms with Gasteiger partial charge in [0.1, 0.15) is 18.1 Å². The number of thioether (sulfide) groups is 1. The van der Waals surface area contributed by atoms with Crippen LogP contribution in [0.25, 0.3) is 10.9 Å². The Labute approximate surface area is 281 Å². The van der Waals surface area contributed by atoms with Gasteiger partial charge in [0.25, 0.3) is 5.91 Å². The van der Waals surface area contributed by atoms with Crippen molar-refractivity contribution in [3.63, 3.8) is 0 Å². The predicted molar refractivity (Wildman–Crippen MR) is 177 cm³/mol. The smallest absolute Gasteiger partial charge is 0.446 e. The van der Waals surface area contributed by atoms with Gasteiger partial charge >= 0.3 is 17.5 Å². The Morgan fingerprint density at radius 2 is 1.53 bits per heavy atom. The van der Waals surface area contributed by atoms with Crippen LogP contribution in [-0.4, -0.2) is 34.0 Å². The first-order chi connectivity index (χ1) is 21.9. The first-order valence-corrected chi connectivity index (χ1v) is 14.7. The van der Waals surface area contributed by atoms with Crippen molar-refractivity contribution in [3.05, 3.63) is 114 Å². The Hall–Kier alpha value is -4.69. The molecule has 0 aliphatic carbocycles. The third-order valence-electron chi connectivity index (χ3n) is 6.40. The van der Waals surface area contributed by atoms with Crippen LogP contribution in [0.4, 0.5) is 29.3 Å². The predicted octanol–water partition coefficient (Wildman–Crippen LogP) is 8.48. The summed E-state index contributed by atoms with van der Waals surface area (Å²) in [6.45, 7) is -0.0551. The molecular weight excluding hydrogens is 680 g/mol. The molecule has 0 saturated heterocycles. The lowest BCUT2D eigenvalue weighted by atomic mass is 10.2. The van der Waals surface area contributed by atoms with Crippen molar-refractivity contribution in [3.8, 4) is 11.5 Å². The van der Waals surface area contributed by atoms with Gasteiger partial charge in [-0.15, -0.1) is 12.4 Å². The quantitative estimate of drug-likeness (QED) is 0.0799. The summed E-state index contributed by atoms with van der Waals surface area (Å²) in [7, 11) is 0. The van der Waals surface area contributed by atoms with Gasteiger partial charge in [0.2, 0.25) is 0 Å². The molecule has 0 bridgehead atoms. The molecule has 5 aromatic rings. The molecule has 0 radical (unpaired) electrons. The molecule has 0 aliphatic heterocycles. The number of carbonyl (C=O) groups excluding carboxylic acids is 3. The number of ether oxygens (including phenoxy) is 2. The van der Waals surface area contributed by atoms with Crippen molar-refractivity contribution in [2.24, 2.45) is 5.73 Å². The average Bonchev–Trinajstić information content (AvgIpc) is 3.37. The van der Waals surface area contributed by atoms with Gasteiger partial charge in [-0.3, -0.25) is 9.36 Å². The number of alkyl halides is 3. The second kappa shape index (κ2) is 15.3. The number of hydrogen-bond donors (Lipinski definition) is 3. The molecular formula is C32H25Cl2F3N4O5S. The minimum atomic E-state index is -4.38. The third-order valence-corrected chi connectivity index (χ3v) is 7.38. The normalized spacial score (nSPS) is 11.7. The Bertz CT molecular complexity index is 1870. The van der Waals surface area contributed by atoms with E-state index in [1.165, 1.54) is 30.5 Å². The molecule has 1 heterocycles. The molecule has 9 nitrogen and oxygen atoms in total. The molecule has 244 valence electrons. The van der Waals surface area contributed by atoms with Crippen LogP contribution >= 0.6 is 35.8 Å². The number of aromatic nitrogens is 1. The SMILES string of the molecule is Cl.NC(C(=O)OCc1ccccc1)C(=O)n1cc(NC(=O)Nc2ccc(Oc3ccc(SC(F)(F)F)cc3)cc2)c2cc(Cl)ccc21. The zero-order valence-corrected chi connectivity index (χ0v) is 26.4. The number of anilines is 2. The molecule has 1 unspecified atom stereocenters. The third kappa shape index (κ3) is 9.42. The highest BCUT2D eigenvalue weighted by Crippen LogP contribution is 2.37. The Morgan fingerprint density at radius 3 is 2.17 bits per heavy atom. The molecule has 1 aromatic heterocycles. The van der Waals surface area contributed by atoms with Crippen LogP contribution in [-0.2, 0) is 16.1 Å². The van der Waals surface area contributed by atoms with Gasteiger partial charge in [-0.1, -0.05) is 41.9 Å². The van der Waals surface area contributed by atoms with Crippen LogP contribution < -0.4 is 21.1 Å². The molecule has 0 saturated carbocycles. The van der Waals surface area contributed by atoms with Gasteiger partial charge in [0.15, 0.2) is 6.04 Å². The van der Waals surface area contributed by atoms with Crippen LogP contribution in [0.15, 0.2) is 108 Å². The number of benzene rings is 4. The number of hydrogen-bond acceptors (Lipinski definition) is 7. The second-order valence-corrected chi connectivity index (χ2v) is 11.3. The Morgan fingerprint density at radius 1 is 0.894 bits per heavy atom. The van der Waals surface area contributed by atoms with Crippen molar-refractivity contribution in [2.45, 2.75) is 23.1 Å². The summed E-state index contributed by atoms with van der Waals surface area (Å²) in [4.78, 5) is 38.7. The number of urea groups is 1. The van der Waals surface area contributed by atoms with Gasteiger partial charge in [-0.25, -0.2) is 9.59 Å². The summed E-state index contributed by atoms with van der Waals surface area (Å²) in [5, 5.41) is 6.10. The molecule has 0 fully saturated rings. The maximum absolute atomic E-state index is 13.2. The first kappa shape index (κ1) is 35.2. The minimum absolute atomic E-state index is 0. The Balaban J connectivity index is 0.00000500. The van der Waals surface area contributed by atoms with Gasteiger partial charge in [-0.2, -0.15) is 13.2 Å². The largest absolute Gasteiger partial charge is 0.459 e.